The van der Waals surface area contributed by atoms with Gasteiger partial charge in [0.2, 0.25) is 0 Å². The van der Waals surface area contributed by atoms with Crippen LogP contribution in [0.15, 0.2) is 48.8 Å². The van der Waals surface area contributed by atoms with Crippen LogP contribution in [0.4, 0.5) is 0 Å². The third kappa shape index (κ3) is 2.08. The molecule has 0 saturated heterocycles. The number of phenolic OH excluding ortho intramolecular Hbond substituents is 1. The maximum absolute atomic E-state index is 9.60. The number of hydrogen-bond acceptors (Lipinski definition) is 3. The van der Waals surface area contributed by atoms with Gasteiger partial charge in [-0.15, -0.1) is 0 Å². The average molecular weight is 251 g/mol. The van der Waals surface area contributed by atoms with Crippen LogP contribution in [0.5, 0.6) is 5.75 Å². The van der Waals surface area contributed by atoms with Crippen molar-refractivity contribution in [1.29, 1.82) is 0 Å². The quantitative estimate of drug-likeness (QED) is 0.735. The number of aryl methyl sites for hydroxylation is 1. The highest BCUT2D eigenvalue weighted by molar-refractivity contribution is 5.82. The lowest BCUT2D eigenvalue weighted by molar-refractivity contribution is 0.475. The van der Waals surface area contributed by atoms with Gasteiger partial charge < -0.3 is 5.11 Å². The van der Waals surface area contributed by atoms with E-state index in [1.54, 1.807) is 24.5 Å². The van der Waals surface area contributed by atoms with E-state index in [2.05, 4.69) is 15.2 Å². The van der Waals surface area contributed by atoms with Crippen molar-refractivity contribution in [3.8, 4) is 28.1 Å². The molecular weight excluding hydrogens is 238 g/mol. The fraction of sp³-hybridized carbons (Fsp3) is 0.0667. The third-order valence-corrected chi connectivity index (χ3v) is 3.05. The van der Waals surface area contributed by atoms with Crippen LogP contribution >= 0.6 is 0 Å². The molecular formula is C15H13N3O. The highest BCUT2D eigenvalue weighted by atomic mass is 16.3. The van der Waals surface area contributed by atoms with Gasteiger partial charge in [-0.25, -0.2) is 0 Å². The summed E-state index contributed by atoms with van der Waals surface area (Å²) < 4.78 is 0. The molecule has 3 aromatic rings. The van der Waals surface area contributed by atoms with E-state index in [1.165, 1.54) is 0 Å². The first kappa shape index (κ1) is 11.5. The van der Waals surface area contributed by atoms with Gasteiger partial charge in [-0.2, -0.15) is 5.10 Å². The van der Waals surface area contributed by atoms with Crippen molar-refractivity contribution in [2.24, 2.45) is 0 Å². The number of nitrogens with zero attached hydrogens (tertiary/aromatic N) is 2. The van der Waals surface area contributed by atoms with E-state index >= 15 is 0 Å². The number of H-pyrrole nitrogens is 1. The number of aromatic amines is 1. The van der Waals surface area contributed by atoms with E-state index < -0.39 is 0 Å². The summed E-state index contributed by atoms with van der Waals surface area (Å²) in [5.74, 6) is 0.241. The standard InChI is InChI=1S/C15H13N3O/c1-10-14(11-5-7-16-8-6-11)15(18-17-10)12-3-2-4-13(19)9-12/h2-9,19H,1H3,(H,17,18). The first-order valence-corrected chi connectivity index (χ1v) is 6.00. The van der Waals surface area contributed by atoms with Crippen molar-refractivity contribution in [2.45, 2.75) is 6.92 Å². The topological polar surface area (TPSA) is 61.8 Å². The maximum atomic E-state index is 9.60. The summed E-state index contributed by atoms with van der Waals surface area (Å²) in [7, 11) is 0. The van der Waals surface area contributed by atoms with Crippen LogP contribution in [0.3, 0.4) is 0 Å². The van der Waals surface area contributed by atoms with Gasteiger partial charge in [0, 0.05) is 23.5 Å². The minimum atomic E-state index is 0.241. The van der Waals surface area contributed by atoms with Crippen LogP contribution in [-0.2, 0) is 0 Å². The first-order chi connectivity index (χ1) is 9.25. The molecule has 2 heterocycles. The number of nitrogens with one attached hydrogen (secondary N) is 1. The molecule has 4 heteroatoms. The molecule has 3 rings (SSSR count). The van der Waals surface area contributed by atoms with Gasteiger partial charge >= 0.3 is 0 Å². The van der Waals surface area contributed by atoms with E-state index in [4.69, 9.17) is 0 Å². The fourth-order valence-electron chi connectivity index (χ4n) is 2.17. The van der Waals surface area contributed by atoms with Gasteiger partial charge in [0.05, 0.1) is 11.4 Å². The second-order valence-electron chi connectivity index (χ2n) is 4.35. The van der Waals surface area contributed by atoms with Gasteiger partial charge in [0.15, 0.2) is 0 Å². The van der Waals surface area contributed by atoms with E-state index in [0.717, 1.165) is 28.1 Å². The summed E-state index contributed by atoms with van der Waals surface area (Å²) in [4.78, 5) is 4.03. The van der Waals surface area contributed by atoms with Gasteiger partial charge in [-0.3, -0.25) is 10.1 Å². The summed E-state index contributed by atoms with van der Waals surface area (Å²) in [5.41, 5.74) is 4.82. The lowest BCUT2D eigenvalue weighted by Crippen LogP contribution is -1.84. The molecule has 0 unspecified atom stereocenters. The van der Waals surface area contributed by atoms with Crippen molar-refractivity contribution < 1.29 is 5.11 Å². The molecule has 0 spiro atoms. The summed E-state index contributed by atoms with van der Waals surface area (Å²) in [6, 6.07) is 11.0. The van der Waals surface area contributed by atoms with Crippen LogP contribution in [0.25, 0.3) is 22.4 Å². The molecule has 2 aromatic heterocycles. The number of aromatic nitrogens is 3. The predicted octanol–water partition coefficient (Wildman–Crippen LogP) is 3.15. The molecule has 19 heavy (non-hydrogen) atoms. The molecule has 2 N–H and O–H groups in total. The van der Waals surface area contributed by atoms with Crippen LogP contribution in [0.2, 0.25) is 0 Å². The Balaban J connectivity index is 2.19. The van der Waals surface area contributed by atoms with E-state index in [-0.39, 0.29) is 5.75 Å². The zero-order valence-corrected chi connectivity index (χ0v) is 10.5. The van der Waals surface area contributed by atoms with Crippen LogP contribution in [-0.4, -0.2) is 20.3 Å². The lowest BCUT2D eigenvalue weighted by Gasteiger charge is -2.05. The molecule has 0 fully saturated rings. The van der Waals surface area contributed by atoms with Crippen LogP contribution in [0, 0.1) is 6.92 Å². The van der Waals surface area contributed by atoms with Gasteiger partial charge in [0.25, 0.3) is 0 Å². The number of aromatic hydroxyl groups is 1. The molecule has 0 atom stereocenters. The molecule has 0 radical (unpaired) electrons. The molecule has 0 aliphatic carbocycles. The highest BCUT2D eigenvalue weighted by Crippen LogP contribution is 2.33. The number of hydrogen-bond donors (Lipinski definition) is 2. The fourth-order valence-corrected chi connectivity index (χ4v) is 2.17. The zero-order chi connectivity index (χ0) is 13.2. The minimum Gasteiger partial charge on any atom is -0.508 e. The van der Waals surface area contributed by atoms with Gasteiger partial charge in [0.1, 0.15) is 5.75 Å². The monoisotopic (exact) mass is 251 g/mol. The summed E-state index contributed by atoms with van der Waals surface area (Å²) in [5, 5.41) is 16.9. The Bertz CT molecular complexity index is 704. The van der Waals surface area contributed by atoms with Crippen molar-refractivity contribution in [3.05, 3.63) is 54.5 Å². The number of rotatable bonds is 2. The Labute approximate surface area is 110 Å². The highest BCUT2D eigenvalue weighted by Gasteiger charge is 2.13. The Kier molecular flexibility index (Phi) is 2.76. The van der Waals surface area contributed by atoms with Gasteiger partial charge in [-0.1, -0.05) is 12.1 Å². The smallest absolute Gasteiger partial charge is 0.116 e. The second-order valence-corrected chi connectivity index (χ2v) is 4.35. The van der Waals surface area contributed by atoms with E-state index in [9.17, 15) is 5.11 Å². The van der Waals surface area contributed by atoms with Crippen LogP contribution < -0.4 is 0 Å². The molecule has 0 saturated carbocycles. The predicted molar refractivity (Wildman–Crippen MR) is 73.7 cm³/mol. The van der Waals surface area contributed by atoms with Gasteiger partial charge in [-0.05, 0) is 36.8 Å². The second kappa shape index (κ2) is 4.57. The average Bonchev–Trinajstić information content (AvgIpc) is 2.82. The van der Waals surface area contributed by atoms with Crippen molar-refractivity contribution in [3.63, 3.8) is 0 Å². The molecule has 4 nitrogen and oxygen atoms in total. The van der Waals surface area contributed by atoms with Crippen LogP contribution in [0.1, 0.15) is 5.69 Å². The van der Waals surface area contributed by atoms with E-state index in [1.807, 2.05) is 31.2 Å². The Morgan fingerprint density at radius 1 is 1.05 bits per heavy atom. The van der Waals surface area contributed by atoms with Crippen molar-refractivity contribution in [2.75, 3.05) is 0 Å². The third-order valence-electron chi connectivity index (χ3n) is 3.05. The van der Waals surface area contributed by atoms with Crippen molar-refractivity contribution in [1.82, 2.24) is 15.2 Å². The molecule has 0 aliphatic rings. The molecule has 94 valence electrons. The maximum Gasteiger partial charge on any atom is 0.116 e. The van der Waals surface area contributed by atoms with E-state index in [0.29, 0.717) is 0 Å². The molecule has 0 bridgehead atoms. The number of pyridine rings is 1. The Morgan fingerprint density at radius 2 is 1.84 bits per heavy atom. The SMILES string of the molecule is Cc1n[nH]c(-c2cccc(O)c2)c1-c1ccncc1. The largest absolute Gasteiger partial charge is 0.508 e. The lowest BCUT2D eigenvalue weighted by atomic mass is 10.0. The first-order valence-electron chi connectivity index (χ1n) is 6.00. The minimum absolute atomic E-state index is 0.241. The summed E-state index contributed by atoms with van der Waals surface area (Å²) >= 11 is 0. The number of phenols is 1. The molecule has 1 aromatic carbocycles. The van der Waals surface area contributed by atoms with Crippen molar-refractivity contribution >= 4 is 0 Å². The Morgan fingerprint density at radius 3 is 2.58 bits per heavy atom. The Hall–Kier alpha value is -2.62. The summed E-state index contributed by atoms with van der Waals surface area (Å²) in [6.07, 6.45) is 3.52. The zero-order valence-electron chi connectivity index (χ0n) is 10.5. The normalized spacial score (nSPS) is 10.6. The number of benzene rings is 1. The molecule has 0 amide bonds. The molecule has 0 aliphatic heterocycles. The summed E-state index contributed by atoms with van der Waals surface area (Å²) in [6.45, 7) is 1.96.